The highest BCUT2D eigenvalue weighted by Gasteiger charge is 2.34. The molecule has 0 bridgehead atoms. The van der Waals surface area contributed by atoms with Crippen molar-refractivity contribution >= 4 is 5.96 Å². The Hall–Kier alpha value is -2.67. The van der Waals surface area contributed by atoms with Gasteiger partial charge in [-0.05, 0) is 56.5 Å². The molecule has 1 aliphatic heterocycles. The maximum atomic E-state index is 13.1. The van der Waals surface area contributed by atoms with E-state index in [1.807, 2.05) is 26.0 Å². The Balaban J connectivity index is 1.58. The molecule has 136 valence electrons. The van der Waals surface area contributed by atoms with Gasteiger partial charge < -0.3 is 16.4 Å². The van der Waals surface area contributed by atoms with Gasteiger partial charge in [-0.15, -0.1) is 0 Å². The number of hydrogen-bond acceptors (Lipinski definition) is 3. The van der Waals surface area contributed by atoms with E-state index in [9.17, 15) is 4.39 Å². The minimum atomic E-state index is -0.930. The van der Waals surface area contributed by atoms with Crippen molar-refractivity contribution in [3.63, 3.8) is 0 Å². The summed E-state index contributed by atoms with van der Waals surface area (Å²) < 4.78 is 13.1. The zero-order valence-corrected chi connectivity index (χ0v) is 14.9. The van der Waals surface area contributed by atoms with E-state index in [0.717, 1.165) is 22.6 Å². The summed E-state index contributed by atoms with van der Waals surface area (Å²) in [6, 6.07) is 8.23. The minimum absolute atomic E-state index is 0.151. The molecule has 1 aliphatic carbocycles. The van der Waals surface area contributed by atoms with Crippen molar-refractivity contribution in [2.24, 2.45) is 10.7 Å². The van der Waals surface area contributed by atoms with Crippen LogP contribution in [-0.4, -0.2) is 16.2 Å². The summed E-state index contributed by atoms with van der Waals surface area (Å²) in [6.45, 7) is 3.89. The van der Waals surface area contributed by atoms with Gasteiger partial charge in [0.15, 0.2) is 11.6 Å². The van der Waals surface area contributed by atoms with Crippen molar-refractivity contribution < 1.29 is 4.39 Å². The van der Waals surface area contributed by atoms with Crippen molar-refractivity contribution in [1.82, 2.24) is 20.8 Å². The Morgan fingerprint density at radius 3 is 2.73 bits per heavy atom. The first-order valence-corrected chi connectivity index (χ1v) is 8.85. The second-order valence-electron chi connectivity index (χ2n) is 7.13. The number of nitrogens with zero attached hydrogens (tertiary/aromatic N) is 2. The predicted molar refractivity (Wildman–Crippen MR) is 98.7 cm³/mol. The van der Waals surface area contributed by atoms with Crippen molar-refractivity contribution in [3.05, 3.63) is 64.9 Å². The van der Waals surface area contributed by atoms with Crippen molar-refractivity contribution in [2.45, 2.75) is 44.3 Å². The van der Waals surface area contributed by atoms with E-state index < -0.39 is 5.66 Å². The molecule has 0 saturated heterocycles. The van der Waals surface area contributed by atoms with Gasteiger partial charge in [0.1, 0.15) is 11.5 Å². The maximum absolute atomic E-state index is 13.1. The van der Waals surface area contributed by atoms with Gasteiger partial charge in [0, 0.05) is 17.3 Å². The molecular formula is C19H23FN6. The van der Waals surface area contributed by atoms with Gasteiger partial charge in [-0.2, -0.15) is 5.10 Å². The molecule has 7 heteroatoms. The van der Waals surface area contributed by atoms with Crippen LogP contribution in [0.15, 0.2) is 47.1 Å². The van der Waals surface area contributed by atoms with Gasteiger partial charge in [0.05, 0.1) is 6.04 Å². The third-order valence-corrected chi connectivity index (χ3v) is 4.80. The average Bonchev–Trinajstić information content (AvgIpc) is 3.31. The first-order chi connectivity index (χ1) is 12.4. The average molecular weight is 354 g/mol. The van der Waals surface area contributed by atoms with Crippen LogP contribution in [0.3, 0.4) is 0 Å². The van der Waals surface area contributed by atoms with Gasteiger partial charge in [-0.3, -0.25) is 5.10 Å². The number of allylic oxidation sites excluding steroid dienone is 1. The summed E-state index contributed by atoms with van der Waals surface area (Å²) in [7, 11) is 0. The number of halogens is 1. The number of aromatic nitrogens is 2. The lowest BCUT2D eigenvalue weighted by Crippen LogP contribution is -2.59. The standard InChI is InChI=1S/C19H23FN6/c1-11-10-19(21,17-9-16(25-26-17)14-3-4-14)24-18(22-11)23-12(2)13-5-7-15(20)8-6-13/h5-10,12,14H,3-4,21H2,1-2H3,(H,25,26)(H2,22,23,24)/t12-,19?/m0/s1. The Morgan fingerprint density at radius 2 is 2.04 bits per heavy atom. The molecule has 0 spiro atoms. The summed E-state index contributed by atoms with van der Waals surface area (Å²) in [4.78, 5) is 4.67. The SMILES string of the molecule is CC1=CC(N)(c2cc(C3CC3)[nH]n2)NC(=N[C@@H](C)c2ccc(F)cc2)N1. The van der Waals surface area contributed by atoms with Crippen LogP contribution >= 0.6 is 0 Å². The monoisotopic (exact) mass is 354 g/mol. The second kappa shape index (κ2) is 6.25. The smallest absolute Gasteiger partial charge is 0.198 e. The number of hydrogen-bond donors (Lipinski definition) is 4. The van der Waals surface area contributed by atoms with Crippen LogP contribution in [0.4, 0.5) is 4.39 Å². The Morgan fingerprint density at radius 1 is 1.31 bits per heavy atom. The van der Waals surface area contributed by atoms with E-state index in [1.165, 1.54) is 25.0 Å². The third kappa shape index (κ3) is 3.35. The lowest BCUT2D eigenvalue weighted by Gasteiger charge is -2.33. The summed E-state index contributed by atoms with van der Waals surface area (Å²) in [5.41, 5.74) is 9.35. The molecule has 2 heterocycles. The topological polar surface area (TPSA) is 91.1 Å². The molecule has 0 radical (unpaired) electrons. The fourth-order valence-corrected chi connectivity index (χ4v) is 3.19. The molecule has 2 atom stereocenters. The number of H-pyrrole nitrogens is 1. The van der Waals surface area contributed by atoms with Gasteiger partial charge >= 0.3 is 0 Å². The van der Waals surface area contributed by atoms with Crippen LogP contribution in [0, 0.1) is 5.82 Å². The summed E-state index contributed by atoms with van der Waals surface area (Å²) in [5.74, 6) is 0.894. The van der Waals surface area contributed by atoms with Crippen molar-refractivity contribution in [2.75, 3.05) is 0 Å². The largest absolute Gasteiger partial charge is 0.330 e. The summed E-state index contributed by atoms with van der Waals surface area (Å²) >= 11 is 0. The normalized spacial score (nSPS) is 25.4. The highest BCUT2D eigenvalue weighted by molar-refractivity contribution is 5.84. The number of benzene rings is 1. The van der Waals surface area contributed by atoms with Gasteiger partial charge in [-0.1, -0.05) is 12.1 Å². The second-order valence-corrected chi connectivity index (χ2v) is 7.13. The molecule has 5 N–H and O–H groups in total. The van der Waals surface area contributed by atoms with Crippen molar-refractivity contribution in [3.8, 4) is 0 Å². The summed E-state index contributed by atoms with van der Waals surface area (Å²) in [6.07, 6.45) is 4.30. The van der Waals surface area contributed by atoms with Crippen LogP contribution in [0.5, 0.6) is 0 Å². The zero-order chi connectivity index (χ0) is 18.3. The van der Waals surface area contributed by atoms with Crippen LogP contribution < -0.4 is 16.4 Å². The van der Waals surface area contributed by atoms with Crippen LogP contribution in [-0.2, 0) is 5.66 Å². The number of rotatable bonds is 4. The molecule has 1 unspecified atom stereocenters. The molecular weight excluding hydrogens is 331 g/mol. The molecule has 26 heavy (non-hydrogen) atoms. The van der Waals surface area contributed by atoms with Crippen molar-refractivity contribution in [1.29, 1.82) is 0 Å². The number of nitrogens with two attached hydrogens (primary N) is 1. The third-order valence-electron chi connectivity index (χ3n) is 4.80. The van der Waals surface area contributed by atoms with Crippen LogP contribution in [0.2, 0.25) is 0 Å². The molecule has 1 aromatic heterocycles. The van der Waals surface area contributed by atoms with Gasteiger partial charge in [0.25, 0.3) is 0 Å². The lowest BCUT2D eigenvalue weighted by atomic mass is 10.0. The molecule has 1 fully saturated rings. The Bertz CT molecular complexity index is 864. The molecule has 4 rings (SSSR count). The van der Waals surface area contributed by atoms with E-state index in [1.54, 1.807) is 12.1 Å². The number of nitrogens with one attached hydrogen (secondary N) is 3. The molecule has 1 aromatic carbocycles. The zero-order valence-electron chi connectivity index (χ0n) is 14.9. The highest BCUT2D eigenvalue weighted by atomic mass is 19.1. The van der Waals surface area contributed by atoms with Crippen LogP contribution in [0.1, 0.15) is 55.6 Å². The lowest BCUT2D eigenvalue weighted by molar-refractivity contribution is 0.475. The Labute approximate surface area is 151 Å². The van der Waals surface area contributed by atoms with E-state index in [2.05, 4.69) is 25.8 Å². The number of aromatic amines is 1. The van der Waals surface area contributed by atoms with E-state index in [-0.39, 0.29) is 11.9 Å². The fraction of sp³-hybridized carbons (Fsp3) is 0.368. The summed E-state index contributed by atoms with van der Waals surface area (Å²) in [5, 5.41) is 14.0. The van der Waals surface area contributed by atoms with E-state index >= 15 is 0 Å². The molecule has 6 nitrogen and oxygen atoms in total. The molecule has 0 amide bonds. The highest BCUT2D eigenvalue weighted by Crippen LogP contribution is 2.39. The fourth-order valence-electron chi connectivity index (χ4n) is 3.19. The molecule has 1 saturated carbocycles. The van der Waals surface area contributed by atoms with E-state index in [0.29, 0.717) is 11.9 Å². The quantitative estimate of drug-likeness (QED) is 0.679. The number of guanidine groups is 1. The predicted octanol–water partition coefficient (Wildman–Crippen LogP) is 2.75. The maximum Gasteiger partial charge on any atom is 0.198 e. The molecule has 2 aliphatic rings. The number of aliphatic imine (C=N–C) groups is 1. The minimum Gasteiger partial charge on any atom is -0.330 e. The van der Waals surface area contributed by atoms with Crippen LogP contribution in [0.25, 0.3) is 0 Å². The van der Waals surface area contributed by atoms with Gasteiger partial charge in [-0.25, -0.2) is 9.38 Å². The molecule has 2 aromatic rings. The van der Waals surface area contributed by atoms with E-state index in [4.69, 9.17) is 5.73 Å². The first-order valence-electron chi connectivity index (χ1n) is 8.85. The van der Waals surface area contributed by atoms with Gasteiger partial charge in [0.2, 0.25) is 0 Å². The Kier molecular flexibility index (Phi) is 4.03. The first kappa shape index (κ1) is 16.8.